The molecule has 0 bridgehead atoms. The third-order valence-corrected chi connectivity index (χ3v) is 4.95. The minimum Gasteiger partial charge on any atom is -0.508 e. The van der Waals surface area contributed by atoms with Gasteiger partial charge in [-0.1, -0.05) is 18.2 Å². The van der Waals surface area contributed by atoms with Gasteiger partial charge in [-0.25, -0.2) is 4.79 Å². The third kappa shape index (κ3) is 3.86. The standard InChI is InChI=1S/C22H23NO5/c1-13-16-8-10-18(24)14(2)21(16)28-22(26)17(13)9-11-20(25)23-12-15-6-4-5-7-19(15)27-3/h4-8,10,24H,9,11-12H2,1-3H3,(H,23,25). The zero-order valence-corrected chi connectivity index (χ0v) is 16.2. The Morgan fingerprint density at radius 3 is 2.64 bits per heavy atom. The lowest BCUT2D eigenvalue weighted by atomic mass is 10.0. The van der Waals surface area contributed by atoms with Crippen molar-refractivity contribution in [3.8, 4) is 11.5 Å². The van der Waals surface area contributed by atoms with E-state index in [-0.39, 0.29) is 24.5 Å². The van der Waals surface area contributed by atoms with Gasteiger partial charge >= 0.3 is 5.63 Å². The molecule has 0 saturated carbocycles. The van der Waals surface area contributed by atoms with Crippen molar-refractivity contribution in [1.29, 1.82) is 0 Å². The van der Waals surface area contributed by atoms with Crippen molar-refractivity contribution in [3.05, 3.63) is 69.1 Å². The second-order valence-electron chi connectivity index (χ2n) is 6.67. The van der Waals surface area contributed by atoms with Gasteiger partial charge in [-0.2, -0.15) is 0 Å². The zero-order chi connectivity index (χ0) is 20.3. The number of benzene rings is 2. The molecule has 0 unspecified atom stereocenters. The van der Waals surface area contributed by atoms with E-state index in [2.05, 4.69) is 5.32 Å². The van der Waals surface area contributed by atoms with Crippen molar-refractivity contribution < 1.29 is 19.1 Å². The summed E-state index contributed by atoms with van der Waals surface area (Å²) in [6.45, 7) is 3.88. The Hall–Kier alpha value is -3.28. The van der Waals surface area contributed by atoms with Crippen LogP contribution in [0, 0.1) is 13.8 Å². The number of ether oxygens (including phenoxy) is 1. The van der Waals surface area contributed by atoms with Crippen LogP contribution in [0.25, 0.3) is 11.0 Å². The van der Waals surface area contributed by atoms with Gasteiger partial charge in [0.05, 0.1) is 7.11 Å². The normalized spacial score (nSPS) is 10.8. The summed E-state index contributed by atoms with van der Waals surface area (Å²) in [4.78, 5) is 24.7. The summed E-state index contributed by atoms with van der Waals surface area (Å²) in [6, 6.07) is 10.8. The number of para-hydroxylation sites is 1. The molecule has 146 valence electrons. The highest BCUT2D eigenvalue weighted by Gasteiger charge is 2.15. The minimum atomic E-state index is -0.476. The van der Waals surface area contributed by atoms with Crippen LogP contribution in [-0.2, 0) is 17.8 Å². The molecule has 28 heavy (non-hydrogen) atoms. The number of methoxy groups -OCH3 is 1. The summed E-state index contributed by atoms with van der Waals surface area (Å²) in [5, 5.41) is 13.4. The number of rotatable bonds is 6. The molecular weight excluding hydrogens is 358 g/mol. The maximum Gasteiger partial charge on any atom is 0.339 e. The predicted octanol–water partition coefficient (Wildman–Crippen LogP) is 3.37. The molecule has 0 aliphatic carbocycles. The quantitative estimate of drug-likeness (QED) is 0.639. The molecule has 6 nitrogen and oxygen atoms in total. The molecule has 2 N–H and O–H groups in total. The van der Waals surface area contributed by atoms with Crippen molar-refractivity contribution >= 4 is 16.9 Å². The molecule has 0 aliphatic rings. The van der Waals surface area contributed by atoms with Crippen LogP contribution in [0.2, 0.25) is 0 Å². The fraction of sp³-hybridized carbons (Fsp3) is 0.273. The van der Waals surface area contributed by atoms with E-state index in [1.165, 1.54) is 0 Å². The Balaban J connectivity index is 1.72. The van der Waals surface area contributed by atoms with Gasteiger partial charge in [-0.15, -0.1) is 0 Å². The highest BCUT2D eigenvalue weighted by atomic mass is 16.5. The molecule has 0 atom stereocenters. The van der Waals surface area contributed by atoms with Crippen LogP contribution in [-0.4, -0.2) is 18.1 Å². The van der Waals surface area contributed by atoms with Crippen molar-refractivity contribution in [2.24, 2.45) is 0 Å². The van der Waals surface area contributed by atoms with E-state index in [4.69, 9.17) is 9.15 Å². The fourth-order valence-electron chi connectivity index (χ4n) is 3.24. The van der Waals surface area contributed by atoms with E-state index in [9.17, 15) is 14.7 Å². The van der Waals surface area contributed by atoms with Crippen LogP contribution in [0.3, 0.4) is 0 Å². The lowest BCUT2D eigenvalue weighted by molar-refractivity contribution is -0.121. The zero-order valence-electron chi connectivity index (χ0n) is 16.2. The number of fused-ring (bicyclic) bond motifs is 1. The first-order chi connectivity index (χ1) is 13.4. The third-order valence-electron chi connectivity index (χ3n) is 4.95. The van der Waals surface area contributed by atoms with Gasteiger partial charge in [-0.3, -0.25) is 4.79 Å². The van der Waals surface area contributed by atoms with Crippen molar-refractivity contribution in [3.63, 3.8) is 0 Å². The molecule has 1 amide bonds. The van der Waals surface area contributed by atoms with E-state index in [1.54, 1.807) is 26.2 Å². The highest BCUT2D eigenvalue weighted by Crippen LogP contribution is 2.28. The first-order valence-electron chi connectivity index (χ1n) is 9.05. The summed E-state index contributed by atoms with van der Waals surface area (Å²) in [7, 11) is 1.59. The maximum atomic E-state index is 12.4. The van der Waals surface area contributed by atoms with Crippen LogP contribution in [0.15, 0.2) is 45.6 Å². The minimum absolute atomic E-state index is 0.0820. The molecule has 0 radical (unpaired) electrons. The lowest BCUT2D eigenvalue weighted by Gasteiger charge is -2.11. The Morgan fingerprint density at radius 1 is 1.14 bits per heavy atom. The number of nitrogens with one attached hydrogen (secondary N) is 1. The van der Waals surface area contributed by atoms with Crippen LogP contribution in [0.1, 0.15) is 28.7 Å². The van der Waals surface area contributed by atoms with Crippen LogP contribution in [0.4, 0.5) is 0 Å². The van der Waals surface area contributed by atoms with Crippen LogP contribution < -0.4 is 15.7 Å². The lowest BCUT2D eigenvalue weighted by Crippen LogP contribution is -2.24. The molecule has 6 heteroatoms. The number of hydrogen-bond acceptors (Lipinski definition) is 5. The fourth-order valence-corrected chi connectivity index (χ4v) is 3.24. The Labute approximate surface area is 162 Å². The van der Waals surface area contributed by atoms with E-state index >= 15 is 0 Å². The van der Waals surface area contributed by atoms with Crippen molar-refractivity contribution in [2.45, 2.75) is 33.2 Å². The second kappa shape index (κ2) is 8.17. The monoisotopic (exact) mass is 381 g/mol. The van der Waals surface area contributed by atoms with Crippen molar-refractivity contribution in [1.82, 2.24) is 5.32 Å². The van der Waals surface area contributed by atoms with E-state index in [1.807, 2.05) is 31.2 Å². The number of aromatic hydroxyl groups is 1. The van der Waals surface area contributed by atoms with E-state index in [0.29, 0.717) is 29.0 Å². The molecule has 0 aliphatic heterocycles. The summed E-state index contributed by atoms with van der Waals surface area (Å²) in [6.07, 6.45) is 0.450. The first-order valence-corrected chi connectivity index (χ1v) is 9.05. The molecule has 2 aromatic carbocycles. The molecule has 3 aromatic rings. The van der Waals surface area contributed by atoms with E-state index < -0.39 is 5.63 Å². The molecule has 0 spiro atoms. The Bertz CT molecular complexity index is 1080. The molecule has 3 rings (SSSR count). The van der Waals surface area contributed by atoms with Gasteiger partial charge in [0.2, 0.25) is 5.91 Å². The molecular formula is C22H23NO5. The van der Waals surface area contributed by atoms with Gasteiger partial charge < -0.3 is 19.6 Å². The van der Waals surface area contributed by atoms with Gasteiger partial charge in [0.15, 0.2) is 0 Å². The smallest absolute Gasteiger partial charge is 0.339 e. The predicted molar refractivity (Wildman–Crippen MR) is 107 cm³/mol. The number of aryl methyl sites for hydroxylation is 2. The number of phenolic OH excluding ortho intramolecular Hbond substituents is 1. The molecule has 0 saturated heterocycles. The largest absolute Gasteiger partial charge is 0.508 e. The number of carbonyl (C=O) groups is 1. The van der Waals surface area contributed by atoms with Crippen LogP contribution in [0.5, 0.6) is 11.5 Å². The topological polar surface area (TPSA) is 88.8 Å². The SMILES string of the molecule is COc1ccccc1CNC(=O)CCc1c(C)c2ccc(O)c(C)c2oc1=O. The second-order valence-corrected chi connectivity index (χ2v) is 6.67. The number of hydrogen-bond donors (Lipinski definition) is 2. The number of phenols is 1. The van der Waals surface area contributed by atoms with Gasteiger partial charge in [0.1, 0.15) is 17.1 Å². The Morgan fingerprint density at radius 2 is 1.89 bits per heavy atom. The van der Waals surface area contributed by atoms with Gasteiger partial charge in [0, 0.05) is 35.0 Å². The number of amides is 1. The summed E-state index contributed by atoms with van der Waals surface area (Å²) >= 11 is 0. The molecule has 1 aromatic heterocycles. The molecule has 1 heterocycles. The van der Waals surface area contributed by atoms with Gasteiger partial charge in [0.25, 0.3) is 0 Å². The summed E-state index contributed by atoms with van der Waals surface area (Å²) in [5.41, 5.74) is 2.56. The van der Waals surface area contributed by atoms with Crippen LogP contribution >= 0.6 is 0 Å². The number of carbonyl (C=O) groups excluding carboxylic acids is 1. The average Bonchev–Trinajstić information content (AvgIpc) is 2.69. The molecule has 0 fully saturated rings. The van der Waals surface area contributed by atoms with Crippen molar-refractivity contribution in [2.75, 3.05) is 7.11 Å². The summed E-state index contributed by atoms with van der Waals surface area (Å²) < 4.78 is 10.7. The summed E-state index contributed by atoms with van der Waals surface area (Å²) in [5.74, 6) is 0.637. The average molecular weight is 381 g/mol. The highest BCUT2D eigenvalue weighted by molar-refractivity contribution is 5.85. The van der Waals surface area contributed by atoms with Gasteiger partial charge in [-0.05, 0) is 44.0 Å². The maximum absolute atomic E-state index is 12.4. The Kier molecular flexibility index (Phi) is 5.68. The first kappa shape index (κ1) is 19.5. The van der Waals surface area contributed by atoms with E-state index in [0.717, 1.165) is 16.5 Å².